The van der Waals surface area contributed by atoms with Gasteiger partial charge in [-0.1, -0.05) is 72.4 Å². The molecular formula is C28H38BrN3O4S. The highest BCUT2D eigenvalue weighted by molar-refractivity contribution is 9.10. The number of hydrogen-bond acceptors (Lipinski definition) is 4. The van der Waals surface area contributed by atoms with E-state index in [1.54, 1.807) is 23.1 Å². The smallest absolute Gasteiger partial charge is 0.244 e. The van der Waals surface area contributed by atoms with Crippen LogP contribution in [0.2, 0.25) is 0 Å². The monoisotopic (exact) mass is 591 g/mol. The molecule has 1 fully saturated rings. The third-order valence-electron chi connectivity index (χ3n) is 6.93. The second-order valence-electron chi connectivity index (χ2n) is 9.79. The lowest BCUT2D eigenvalue weighted by molar-refractivity contribution is -0.140. The molecule has 0 heterocycles. The molecule has 0 saturated heterocycles. The summed E-state index contributed by atoms with van der Waals surface area (Å²) in [6.45, 7) is 3.70. The van der Waals surface area contributed by atoms with Gasteiger partial charge in [-0.05, 0) is 61.9 Å². The molecule has 2 amide bonds. The van der Waals surface area contributed by atoms with Crippen molar-refractivity contribution in [2.75, 3.05) is 23.7 Å². The van der Waals surface area contributed by atoms with Gasteiger partial charge in [0.25, 0.3) is 0 Å². The molecular weight excluding hydrogens is 554 g/mol. The summed E-state index contributed by atoms with van der Waals surface area (Å²) in [7, 11) is -3.75. The summed E-state index contributed by atoms with van der Waals surface area (Å²) in [6.07, 6.45) is 7.37. The molecule has 0 radical (unpaired) electrons. The summed E-state index contributed by atoms with van der Waals surface area (Å²) in [5.74, 6) is -0.561. The lowest BCUT2D eigenvalue weighted by atomic mass is 9.95. The molecule has 0 aromatic heterocycles. The van der Waals surface area contributed by atoms with Gasteiger partial charge in [0.2, 0.25) is 21.8 Å². The Bertz CT molecular complexity index is 1170. The zero-order chi connectivity index (χ0) is 27.0. The Hall–Kier alpha value is -2.39. The molecule has 2 aromatic rings. The predicted octanol–water partition coefficient (Wildman–Crippen LogP) is 4.82. The number of carbonyl (C=O) groups is 2. The predicted molar refractivity (Wildman–Crippen MR) is 152 cm³/mol. The van der Waals surface area contributed by atoms with Crippen molar-refractivity contribution in [1.29, 1.82) is 0 Å². The fraction of sp³-hybridized carbons (Fsp3) is 0.500. The van der Waals surface area contributed by atoms with Crippen LogP contribution in [0.4, 0.5) is 5.69 Å². The van der Waals surface area contributed by atoms with E-state index in [1.165, 1.54) is 6.42 Å². The number of aryl methyl sites for hydroxylation is 1. The first-order valence-corrected chi connectivity index (χ1v) is 15.6. The Kier molecular flexibility index (Phi) is 10.6. The summed E-state index contributed by atoms with van der Waals surface area (Å²) in [4.78, 5) is 28.7. The van der Waals surface area contributed by atoms with Crippen molar-refractivity contribution >= 4 is 43.5 Å². The average Bonchev–Trinajstić information content (AvgIpc) is 2.87. The Balaban J connectivity index is 1.87. The molecule has 1 aliphatic carbocycles. The van der Waals surface area contributed by atoms with Crippen molar-refractivity contribution in [3.8, 4) is 0 Å². The number of amides is 2. The Morgan fingerprint density at radius 2 is 1.76 bits per heavy atom. The maximum absolute atomic E-state index is 13.8. The summed E-state index contributed by atoms with van der Waals surface area (Å²) in [5.41, 5.74) is 2.32. The van der Waals surface area contributed by atoms with Crippen molar-refractivity contribution in [1.82, 2.24) is 10.2 Å². The highest BCUT2D eigenvalue weighted by Gasteiger charge is 2.32. The Labute approximate surface area is 229 Å². The molecule has 1 unspecified atom stereocenters. The maximum Gasteiger partial charge on any atom is 0.244 e. The quantitative estimate of drug-likeness (QED) is 0.406. The number of rotatable bonds is 11. The number of nitrogens with one attached hydrogen (secondary N) is 1. The number of halogens is 1. The van der Waals surface area contributed by atoms with Gasteiger partial charge in [0, 0.05) is 17.1 Å². The van der Waals surface area contributed by atoms with E-state index in [4.69, 9.17) is 0 Å². The van der Waals surface area contributed by atoms with E-state index in [9.17, 15) is 18.0 Å². The van der Waals surface area contributed by atoms with Gasteiger partial charge in [-0.15, -0.1) is 0 Å². The van der Waals surface area contributed by atoms with Crippen molar-refractivity contribution in [2.45, 2.75) is 70.9 Å². The summed E-state index contributed by atoms with van der Waals surface area (Å²) >= 11 is 3.44. The van der Waals surface area contributed by atoms with Crippen LogP contribution in [0.5, 0.6) is 0 Å². The minimum absolute atomic E-state index is 0.125. The fourth-order valence-corrected chi connectivity index (χ4v) is 5.93. The second kappa shape index (κ2) is 13.4. The highest BCUT2D eigenvalue weighted by Crippen LogP contribution is 2.25. The molecule has 9 heteroatoms. The topological polar surface area (TPSA) is 86.8 Å². The molecule has 0 aliphatic heterocycles. The zero-order valence-corrected chi connectivity index (χ0v) is 24.4. The normalized spacial score (nSPS) is 15.1. The van der Waals surface area contributed by atoms with Crippen LogP contribution >= 0.6 is 15.9 Å². The van der Waals surface area contributed by atoms with Gasteiger partial charge in [-0.2, -0.15) is 0 Å². The number of anilines is 1. The van der Waals surface area contributed by atoms with Crippen molar-refractivity contribution < 1.29 is 18.0 Å². The molecule has 2 aromatic carbocycles. The van der Waals surface area contributed by atoms with Gasteiger partial charge in [0.15, 0.2) is 0 Å². The minimum atomic E-state index is -3.75. The van der Waals surface area contributed by atoms with E-state index < -0.39 is 22.0 Å². The van der Waals surface area contributed by atoms with Crippen LogP contribution in [-0.2, 0) is 26.0 Å². The van der Waals surface area contributed by atoms with Crippen molar-refractivity contribution in [3.05, 3.63) is 64.1 Å². The molecule has 202 valence electrons. The maximum atomic E-state index is 13.8. The number of nitrogens with zero attached hydrogens (tertiary/aromatic N) is 2. The van der Waals surface area contributed by atoms with Crippen LogP contribution in [0.3, 0.4) is 0 Å². The first kappa shape index (κ1) is 29.2. The van der Waals surface area contributed by atoms with Gasteiger partial charge in [0.05, 0.1) is 11.9 Å². The molecule has 1 N–H and O–H groups in total. The first-order chi connectivity index (χ1) is 17.6. The summed E-state index contributed by atoms with van der Waals surface area (Å²) in [5, 5.41) is 3.16. The first-order valence-electron chi connectivity index (χ1n) is 13.0. The van der Waals surface area contributed by atoms with Crippen LogP contribution in [0.15, 0.2) is 53.0 Å². The second-order valence-corrected chi connectivity index (χ2v) is 12.6. The lowest BCUT2D eigenvalue weighted by Gasteiger charge is -2.34. The molecule has 0 spiro atoms. The molecule has 1 aliphatic rings. The van der Waals surface area contributed by atoms with E-state index >= 15 is 0 Å². The van der Waals surface area contributed by atoms with E-state index in [0.29, 0.717) is 25.1 Å². The molecule has 1 atom stereocenters. The molecule has 7 nitrogen and oxygen atoms in total. The van der Waals surface area contributed by atoms with Gasteiger partial charge in [-0.25, -0.2) is 8.42 Å². The van der Waals surface area contributed by atoms with Crippen LogP contribution in [-0.4, -0.2) is 56.6 Å². The fourth-order valence-electron chi connectivity index (χ4n) is 4.84. The van der Waals surface area contributed by atoms with Crippen LogP contribution in [0, 0.1) is 6.92 Å². The van der Waals surface area contributed by atoms with Crippen LogP contribution < -0.4 is 9.62 Å². The van der Waals surface area contributed by atoms with E-state index in [0.717, 1.165) is 51.8 Å². The molecule has 37 heavy (non-hydrogen) atoms. The third kappa shape index (κ3) is 8.30. The van der Waals surface area contributed by atoms with Crippen LogP contribution in [0.1, 0.15) is 56.6 Å². The number of hydrogen-bond donors (Lipinski definition) is 1. The number of carbonyl (C=O) groups excluding carboxylic acids is 2. The highest BCUT2D eigenvalue weighted by atomic mass is 79.9. The Morgan fingerprint density at radius 3 is 2.35 bits per heavy atom. The zero-order valence-electron chi connectivity index (χ0n) is 22.0. The summed E-state index contributed by atoms with van der Waals surface area (Å²) < 4.78 is 27.5. The standard InChI is InChI=1S/C28H38BrN3O4S/c1-4-26(28(34)30-23-13-9-6-10-14-23)31(18-17-22-11-7-5-8-12-22)27(33)20-32(37(3,35)36)24-15-16-25(29)21(2)19-24/h5,7-8,11-12,15-16,19,23,26H,4,6,9-10,13-14,17-18,20H2,1-3H3,(H,30,34). The van der Waals surface area contributed by atoms with Crippen molar-refractivity contribution in [3.63, 3.8) is 0 Å². The summed E-state index contributed by atoms with van der Waals surface area (Å²) in [6, 6.07) is 14.4. The number of benzene rings is 2. The Morgan fingerprint density at radius 1 is 1.08 bits per heavy atom. The van der Waals surface area contributed by atoms with Gasteiger partial charge in [-0.3, -0.25) is 13.9 Å². The SMILES string of the molecule is CCC(C(=O)NC1CCCCC1)N(CCc1ccccc1)C(=O)CN(c1ccc(Br)c(C)c1)S(C)(=O)=O. The van der Waals surface area contributed by atoms with Gasteiger partial charge < -0.3 is 10.2 Å². The van der Waals surface area contributed by atoms with E-state index in [1.807, 2.05) is 44.2 Å². The molecule has 1 saturated carbocycles. The van der Waals surface area contributed by atoms with E-state index in [-0.39, 0.29) is 18.5 Å². The lowest BCUT2D eigenvalue weighted by Crippen LogP contribution is -2.54. The molecule has 3 rings (SSSR count). The van der Waals surface area contributed by atoms with Crippen LogP contribution in [0.25, 0.3) is 0 Å². The van der Waals surface area contributed by atoms with Gasteiger partial charge in [0.1, 0.15) is 12.6 Å². The average molecular weight is 593 g/mol. The van der Waals surface area contributed by atoms with Crippen molar-refractivity contribution in [2.24, 2.45) is 0 Å². The largest absolute Gasteiger partial charge is 0.352 e. The number of sulfonamides is 1. The third-order valence-corrected chi connectivity index (χ3v) is 8.96. The van der Waals surface area contributed by atoms with Gasteiger partial charge >= 0.3 is 0 Å². The molecule has 0 bridgehead atoms. The van der Waals surface area contributed by atoms with E-state index in [2.05, 4.69) is 21.2 Å². The minimum Gasteiger partial charge on any atom is -0.352 e.